The highest BCUT2D eigenvalue weighted by Crippen LogP contribution is 2.21. The lowest BCUT2D eigenvalue weighted by atomic mass is 10.1. The van der Waals surface area contributed by atoms with Crippen molar-refractivity contribution in [3.05, 3.63) is 0 Å². The predicted molar refractivity (Wildman–Crippen MR) is 59.9 cm³/mol. The van der Waals surface area contributed by atoms with Crippen molar-refractivity contribution in [1.29, 1.82) is 0 Å². The first-order chi connectivity index (χ1) is 7.24. The van der Waals surface area contributed by atoms with Gasteiger partial charge in [-0.3, -0.25) is 0 Å². The van der Waals surface area contributed by atoms with Crippen LogP contribution in [-0.2, 0) is 9.47 Å². The fourth-order valence-electron chi connectivity index (χ4n) is 2.03. The molecular weight excluding hydrogens is 192 g/mol. The van der Waals surface area contributed by atoms with Crippen molar-refractivity contribution in [2.45, 2.75) is 64.3 Å². The zero-order valence-corrected chi connectivity index (χ0v) is 9.95. The quantitative estimate of drug-likeness (QED) is 0.715. The Hall–Kier alpha value is -0.120. The Kier molecular flexibility index (Phi) is 6.22. The van der Waals surface area contributed by atoms with Crippen molar-refractivity contribution >= 4 is 0 Å². The Morgan fingerprint density at radius 1 is 1.27 bits per heavy atom. The number of rotatable bonds is 5. The molecule has 0 aromatic rings. The van der Waals surface area contributed by atoms with Crippen molar-refractivity contribution in [2.24, 2.45) is 0 Å². The molecule has 0 aromatic carbocycles. The fourth-order valence-corrected chi connectivity index (χ4v) is 2.03. The summed E-state index contributed by atoms with van der Waals surface area (Å²) in [7, 11) is 0. The summed E-state index contributed by atoms with van der Waals surface area (Å²) in [5, 5.41) is 9.86. The van der Waals surface area contributed by atoms with Gasteiger partial charge in [0, 0.05) is 6.61 Å². The smallest absolute Gasteiger partial charge is 0.0838 e. The molecule has 90 valence electrons. The van der Waals surface area contributed by atoms with Crippen LogP contribution in [0.1, 0.15) is 46.0 Å². The van der Waals surface area contributed by atoms with E-state index in [2.05, 4.69) is 0 Å². The molecule has 1 rings (SSSR count). The van der Waals surface area contributed by atoms with E-state index in [9.17, 15) is 5.11 Å². The predicted octanol–water partition coefficient (Wildman–Crippen LogP) is 2.12. The van der Waals surface area contributed by atoms with E-state index in [-0.39, 0.29) is 18.3 Å². The fraction of sp³-hybridized carbons (Fsp3) is 1.00. The van der Waals surface area contributed by atoms with Crippen LogP contribution in [0.15, 0.2) is 0 Å². The Morgan fingerprint density at radius 2 is 2.00 bits per heavy atom. The Morgan fingerprint density at radius 3 is 2.73 bits per heavy atom. The average molecular weight is 216 g/mol. The molecule has 0 amide bonds. The van der Waals surface area contributed by atoms with Crippen LogP contribution in [0, 0.1) is 0 Å². The summed E-state index contributed by atoms with van der Waals surface area (Å²) < 4.78 is 11.1. The molecule has 1 N–H and O–H groups in total. The summed E-state index contributed by atoms with van der Waals surface area (Å²) >= 11 is 0. The summed E-state index contributed by atoms with van der Waals surface area (Å²) in [4.78, 5) is 0. The van der Waals surface area contributed by atoms with E-state index in [1.807, 2.05) is 13.8 Å². The lowest BCUT2D eigenvalue weighted by Gasteiger charge is -2.24. The van der Waals surface area contributed by atoms with Gasteiger partial charge in [0.25, 0.3) is 0 Å². The topological polar surface area (TPSA) is 38.7 Å². The molecular formula is C12H24O3. The maximum absolute atomic E-state index is 9.86. The number of hydrogen-bond donors (Lipinski definition) is 1. The molecule has 3 heteroatoms. The van der Waals surface area contributed by atoms with Gasteiger partial charge < -0.3 is 14.6 Å². The first-order valence-electron chi connectivity index (χ1n) is 6.15. The summed E-state index contributed by atoms with van der Waals surface area (Å²) in [6.07, 6.45) is 5.20. The van der Waals surface area contributed by atoms with Gasteiger partial charge in [-0.2, -0.15) is 0 Å². The minimum atomic E-state index is -0.281. The summed E-state index contributed by atoms with van der Waals surface area (Å²) in [6.45, 7) is 5.33. The maximum atomic E-state index is 9.86. The van der Waals surface area contributed by atoms with Gasteiger partial charge >= 0.3 is 0 Å². The second-order valence-corrected chi connectivity index (χ2v) is 4.35. The zero-order chi connectivity index (χ0) is 11.1. The highest BCUT2D eigenvalue weighted by atomic mass is 16.5. The first-order valence-corrected chi connectivity index (χ1v) is 6.15. The minimum Gasteiger partial charge on any atom is -0.390 e. The second-order valence-electron chi connectivity index (χ2n) is 4.35. The standard InChI is InChI=1S/C12H24O3/c1-3-14-9-10(2)15-12-8-6-4-5-7-11(12)13/h10-13H,3-9H2,1-2H3. The van der Waals surface area contributed by atoms with Crippen LogP contribution in [0.5, 0.6) is 0 Å². The molecule has 0 aliphatic heterocycles. The maximum Gasteiger partial charge on any atom is 0.0838 e. The first kappa shape index (κ1) is 12.9. The SMILES string of the molecule is CCOCC(C)OC1CCCCCC1O. The van der Waals surface area contributed by atoms with Crippen LogP contribution in [0.25, 0.3) is 0 Å². The molecule has 0 heterocycles. The van der Waals surface area contributed by atoms with Crippen molar-refractivity contribution in [3.8, 4) is 0 Å². The molecule has 0 saturated heterocycles. The van der Waals surface area contributed by atoms with Gasteiger partial charge in [0.1, 0.15) is 0 Å². The van der Waals surface area contributed by atoms with Crippen LogP contribution < -0.4 is 0 Å². The van der Waals surface area contributed by atoms with Gasteiger partial charge in [-0.25, -0.2) is 0 Å². The van der Waals surface area contributed by atoms with E-state index in [0.717, 1.165) is 25.9 Å². The normalized spacial score (nSPS) is 29.8. The van der Waals surface area contributed by atoms with Crippen molar-refractivity contribution in [3.63, 3.8) is 0 Å². The summed E-state index contributed by atoms with van der Waals surface area (Å²) in [6, 6.07) is 0. The van der Waals surface area contributed by atoms with E-state index in [0.29, 0.717) is 6.61 Å². The molecule has 1 aliphatic rings. The van der Waals surface area contributed by atoms with Crippen LogP contribution in [-0.4, -0.2) is 36.6 Å². The van der Waals surface area contributed by atoms with Crippen LogP contribution >= 0.6 is 0 Å². The summed E-state index contributed by atoms with van der Waals surface area (Å²) in [5.41, 5.74) is 0. The molecule has 1 aliphatic carbocycles. The van der Waals surface area contributed by atoms with Gasteiger partial charge in [0.2, 0.25) is 0 Å². The number of aliphatic hydroxyl groups is 1. The van der Waals surface area contributed by atoms with E-state index < -0.39 is 0 Å². The largest absolute Gasteiger partial charge is 0.390 e. The van der Waals surface area contributed by atoms with Gasteiger partial charge in [-0.15, -0.1) is 0 Å². The molecule has 1 saturated carbocycles. The van der Waals surface area contributed by atoms with Crippen molar-refractivity contribution in [1.82, 2.24) is 0 Å². The highest BCUT2D eigenvalue weighted by molar-refractivity contribution is 4.74. The third kappa shape index (κ3) is 4.96. The second kappa shape index (κ2) is 7.20. The van der Waals surface area contributed by atoms with Crippen LogP contribution in [0.3, 0.4) is 0 Å². The molecule has 3 nitrogen and oxygen atoms in total. The number of aliphatic hydroxyl groups excluding tert-OH is 1. The molecule has 15 heavy (non-hydrogen) atoms. The van der Waals surface area contributed by atoms with Crippen LogP contribution in [0.4, 0.5) is 0 Å². The van der Waals surface area contributed by atoms with Crippen molar-refractivity contribution in [2.75, 3.05) is 13.2 Å². The van der Waals surface area contributed by atoms with E-state index in [4.69, 9.17) is 9.47 Å². The molecule has 0 aromatic heterocycles. The molecule has 0 radical (unpaired) electrons. The monoisotopic (exact) mass is 216 g/mol. The van der Waals surface area contributed by atoms with Gasteiger partial charge in [-0.05, 0) is 26.7 Å². The molecule has 3 atom stereocenters. The highest BCUT2D eigenvalue weighted by Gasteiger charge is 2.23. The molecule has 0 bridgehead atoms. The minimum absolute atomic E-state index is 0.0166. The lowest BCUT2D eigenvalue weighted by molar-refractivity contribution is -0.0951. The van der Waals surface area contributed by atoms with Gasteiger partial charge in [0.05, 0.1) is 24.9 Å². The zero-order valence-electron chi connectivity index (χ0n) is 9.95. The third-order valence-corrected chi connectivity index (χ3v) is 2.88. The lowest BCUT2D eigenvalue weighted by Crippen LogP contribution is -2.32. The third-order valence-electron chi connectivity index (χ3n) is 2.88. The summed E-state index contributed by atoms with van der Waals surface area (Å²) in [5.74, 6) is 0. The Labute approximate surface area is 92.8 Å². The molecule has 0 spiro atoms. The average Bonchev–Trinajstić information content (AvgIpc) is 2.42. The Balaban J connectivity index is 2.27. The number of hydrogen-bond acceptors (Lipinski definition) is 3. The van der Waals surface area contributed by atoms with Gasteiger partial charge in [0.15, 0.2) is 0 Å². The van der Waals surface area contributed by atoms with E-state index in [1.165, 1.54) is 12.8 Å². The molecule has 1 fully saturated rings. The number of ether oxygens (including phenoxy) is 2. The van der Waals surface area contributed by atoms with Crippen LogP contribution in [0.2, 0.25) is 0 Å². The van der Waals surface area contributed by atoms with Gasteiger partial charge in [-0.1, -0.05) is 19.3 Å². The van der Waals surface area contributed by atoms with Crippen molar-refractivity contribution < 1.29 is 14.6 Å². The van der Waals surface area contributed by atoms with E-state index in [1.54, 1.807) is 0 Å². The Bertz CT molecular complexity index is 161. The molecule has 3 unspecified atom stereocenters. The van der Waals surface area contributed by atoms with E-state index >= 15 is 0 Å².